The number of carbonyl (C=O) groups is 1. The van der Waals surface area contributed by atoms with E-state index >= 15 is 0 Å². The molecule has 0 saturated carbocycles. The first kappa shape index (κ1) is 17.3. The second-order valence-electron chi connectivity index (χ2n) is 5.56. The maximum atomic E-state index is 13.2. The first-order valence-corrected chi connectivity index (χ1v) is 7.93. The molecule has 26 heavy (non-hydrogen) atoms. The van der Waals surface area contributed by atoms with Gasteiger partial charge in [-0.15, -0.1) is 0 Å². The number of amides is 2. The number of urea groups is 1. The molecule has 0 radical (unpaired) electrons. The zero-order valence-electron chi connectivity index (χ0n) is 14.3. The lowest BCUT2D eigenvalue weighted by atomic mass is 10.3. The van der Waals surface area contributed by atoms with E-state index < -0.39 is 11.8 Å². The third-order valence-corrected chi connectivity index (χ3v) is 3.52. The molecule has 132 valence electrons. The molecule has 6 nitrogen and oxygen atoms in total. The highest BCUT2D eigenvalue weighted by atomic mass is 19.1. The molecule has 0 spiro atoms. The molecule has 1 heterocycles. The molecule has 0 fully saturated rings. The molecule has 1 aromatic heterocycles. The summed E-state index contributed by atoms with van der Waals surface area (Å²) in [6.45, 7) is 3.48. The Kier molecular flexibility index (Phi) is 5.07. The molecule has 7 heteroatoms. The van der Waals surface area contributed by atoms with Gasteiger partial charge in [0.1, 0.15) is 11.6 Å². The number of aromatic nitrogens is 2. The van der Waals surface area contributed by atoms with Crippen molar-refractivity contribution in [1.82, 2.24) is 9.97 Å². The van der Waals surface area contributed by atoms with Gasteiger partial charge in [0.15, 0.2) is 0 Å². The van der Waals surface area contributed by atoms with Crippen molar-refractivity contribution in [1.29, 1.82) is 0 Å². The van der Waals surface area contributed by atoms with Crippen LogP contribution in [0.4, 0.5) is 20.6 Å². The summed E-state index contributed by atoms with van der Waals surface area (Å²) in [5.41, 5.74) is 1.93. The van der Waals surface area contributed by atoms with Gasteiger partial charge >= 0.3 is 12.0 Å². The minimum Gasteiger partial charge on any atom is -0.424 e. The van der Waals surface area contributed by atoms with Crippen LogP contribution >= 0.6 is 0 Å². The van der Waals surface area contributed by atoms with Crippen LogP contribution in [0, 0.1) is 19.7 Å². The molecular weight excluding hydrogens is 335 g/mol. The van der Waals surface area contributed by atoms with Gasteiger partial charge in [0.25, 0.3) is 0 Å². The van der Waals surface area contributed by atoms with Gasteiger partial charge in [0, 0.05) is 5.69 Å². The van der Waals surface area contributed by atoms with Gasteiger partial charge in [-0.3, -0.25) is 0 Å². The highest BCUT2D eigenvalue weighted by Crippen LogP contribution is 2.23. The molecule has 0 bridgehead atoms. The van der Waals surface area contributed by atoms with E-state index in [-0.39, 0.29) is 6.01 Å². The number of ether oxygens (including phenoxy) is 1. The Morgan fingerprint density at radius 3 is 2.31 bits per heavy atom. The molecule has 3 aromatic rings. The first-order chi connectivity index (χ1) is 12.5. The molecule has 0 aliphatic heterocycles. The fourth-order valence-corrected chi connectivity index (χ4v) is 2.35. The second kappa shape index (κ2) is 7.60. The van der Waals surface area contributed by atoms with Crippen molar-refractivity contribution in [3.63, 3.8) is 0 Å². The Hall–Kier alpha value is -3.48. The van der Waals surface area contributed by atoms with Crippen LogP contribution in [-0.4, -0.2) is 16.0 Å². The lowest BCUT2D eigenvalue weighted by Crippen LogP contribution is -2.21. The number of benzene rings is 2. The van der Waals surface area contributed by atoms with Crippen molar-refractivity contribution < 1.29 is 13.9 Å². The van der Waals surface area contributed by atoms with Crippen molar-refractivity contribution in [2.24, 2.45) is 0 Å². The Morgan fingerprint density at radius 2 is 1.65 bits per heavy atom. The van der Waals surface area contributed by atoms with Crippen molar-refractivity contribution >= 4 is 17.4 Å². The van der Waals surface area contributed by atoms with Crippen LogP contribution < -0.4 is 15.4 Å². The molecule has 0 aliphatic carbocycles. The van der Waals surface area contributed by atoms with Crippen LogP contribution in [0.3, 0.4) is 0 Å². The van der Waals surface area contributed by atoms with E-state index in [0.29, 0.717) is 28.5 Å². The van der Waals surface area contributed by atoms with E-state index in [2.05, 4.69) is 20.6 Å². The monoisotopic (exact) mass is 352 g/mol. The lowest BCUT2D eigenvalue weighted by molar-refractivity contribution is 0.262. The zero-order valence-corrected chi connectivity index (χ0v) is 14.3. The summed E-state index contributed by atoms with van der Waals surface area (Å²) in [5.74, 6) is 0.191. The maximum absolute atomic E-state index is 13.2. The average molecular weight is 352 g/mol. The molecular formula is C19H17FN4O2. The largest absolute Gasteiger partial charge is 0.424 e. The molecule has 2 aromatic carbocycles. The Bertz CT molecular complexity index is 909. The van der Waals surface area contributed by atoms with Gasteiger partial charge in [0.2, 0.25) is 0 Å². The lowest BCUT2D eigenvalue weighted by Gasteiger charge is -2.13. The van der Waals surface area contributed by atoms with Crippen LogP contribution in [0.2, 0.25) is 0 Å². The van der Waals surface area contributed by atoms with Gasteiger partial charge in [0.05, 0.1) is 17.1 Å². The number of para-hydroxylation sites is 1. The molecule has 0 saturated heterocycles. The maximum Gasteiger partial charge on any atom is 0.323 e. The Morgan fingerprint density at radius 1 is 0.962 bits per heavy atom. The van der Waals surface area contributed by atoms with Gasteiger partial charge < -0.3 is 15.4 Å². The number of nitrogens with zero attached hydrogens (tertiary/aromatic N) is 2. The molecule has 2 N–H and O–H groups in total. The molecule has 0 unspecified atom stereocenters. The zero-order chi connectivity index (χ0) is 18.5. The summed E-state index contributed by atoms with van der Waals surface area (Å²) in [6, 6.07) is 14.5. The van der Waals surface area contributed by atoms with Crippen LogP contribution in [0.25, 0.3) is 0 Å². The van der Waals surface area contributed by atoms with Crippen LogP contribution in [-0.2, 0) is 0 Å². The van der Waals surface area contributed by atoms with E-state index in [1.165, 1.54) is 18.2 Å². The second-order valence-corrected chi connectivity index (χ2v) is 5.56. The summed E-state index contributed by atoms with van der Waals surface area (Å²) >= 11 is 0. The van der Waals surface area contributed by atoms with Crippen molar-refractivity contribution in [2.45, 2.75) is 13.8 Å². The Labute approximate surface area is 150 Å². The summed E-state index contributed by atoms with van der Waals surface area (Å²) < 4.78 is 18.8. The SMILES string of the molecule is Cc1nc(Oc2ccccc2)nc(C)c1NC(=O)Nc1cccc(F)c1. The van der Waals surface area contributed by atoms with Crippen LogP contribution in [0.1, 0.15) is 11.4 Å². The van der Waals surface area contributed by atoms with E-state index in [1.807, 2.05) is 18.2 Å². The minimum atomic E-state index is -0.512. The molecule has 2 amide bonds. The number of nitrogens with one attached hydrogen (secondary N) is 2. The quantitative estimate of drug-likeness (QED) is 0.715. The summed E-state index contributed by atoms with van der Waals surface area (Å²) in [6.07, 6.45) is 0. The van der Waals surface area contributed by atoms with E-state index in [1.54, 1.807) is 32.0 Å². The van der Waals surface area contributed by atoms with E-state index in [4.69, 9.17) is 4.74 Å². The van der Waals surface area contributed by atoms with Crippen LogP contribution in [0.15, 0.2) is 54.6 Å². The van der Waals surface area contributed by atoms with Crippen LogP contribution in [0.5, 0.6) is 11.8 Å². The van der Waals surface area contributed by atoms with Crippen molar-refractivity contribution in [2.75, 3.05) is 10.6 Å². The van der Waals surface area contributed by atoms with Gasteiger partial charge in [-0.2, -0.15) is 9.97 Å². The minimum absolute atomic E-state index is 0.197. The fraction of sp³-hybridized carbons (Fsp3) is 0.105. The predicted molar refractivity (Wildman–Crippen MR) is 97.1 cm³/mol. The average Bonchev–Trinajstić information content (AvgIpc) is 2.59. The number of halogens is 1. The number of carbonyl (C=O) groups excluding carboxylic acids is 1. The highest BCUT2D eigenvalue weighted by Gasteiger charge is 2.13. The summed E-state index contributed by atoms with van der Waals surface area (Å²) in [5, 5.41) is 5.25. The topological polar surface area (TPSA) is 76.1 Å². The first-order valence-electron chi connectivity index (χ1n) is 7.93. The molecule has 0 atom stereocenters. The number of hydrogen-bond donors (Lipinski definition) is 2. The van der Waals surface area contributed by atoms with Crippen molar-refractivity contribution in [3.8, 4) is 11.8 Å². The Balaban J connectivity index is 1.73. The molecule has 0 aliphatic rings. The van der Waals surface area contributed by atoms with Crippen molar-refractivity contribution in [3.05, 3.63) is 71.8 Å². The smallest absolute Gasteiger partial charge is 0.323 e. The number of anilines is 2. The van der Waals surface area contributed by atoms with Gasteiger partial charge in [-0.1, -0.05) is 24.3 Å². The summed E-state index contributed by atoms with van der Waals surface area (Å²) in [4.78, 5) is 20.7. The predicted octanol–water partition coefficient (Wildman–Crippen LogP) is 4.67. The highest BCUT2D eigenvalue weighted by molar-refractivity contribution is 6.00. The standard InChI is InChI=1S/C19H17FN4O2/c1-12-17(24-18(25)23-15-8-6-7-14(20)11-15)13(2)22-19(21-12)26-16-9-4-3-5-10-16/h3-11H,1-2H3,(H2,23,24,25). The number of aryl methyl sites for hydroxylation is 2. The van der Waals surface area contributed by atoms with E-state index in [0.717, 1.165) is 0 Å². The van der Waals surface area contributed by atoms with E-state index in [9.17, 15) is 9.18 Å². The fourth-order valence-electron chi connectivity index (χ4n) is 2.35. The third-order valence-electron chi connectivity index (χ3n) is 3.52. The number of rotatable bonds is 4. The summed E-state index contributed by atoms with van der Waals surface area (Å²) in [7, 11) is 0. The normalized spacial score (nSPS) is 10.3. The van der Waals surface area contributed by atoms with Gasteiger partial charge in [-0.05, 0) is 44.2 Å². The van der Waals surface area contributed by atoms with Gasteiger partial charge in [-0.25, -0.2) is 9.18 Å². The molecule has 3 rings (SSSR count). The third kappa shape index (κ3) is 4.32. The number of hydrogen-bond acceptors (Lipinski definition) is 4.